The maximum atomic E-state index is 13.6. The molecule has 4 nitrogen and oxygen atoms in total. The molecule has 0 aliphatic carbocycles. The van der Waals surface area contributed by atoms with Gasteiger partial charge in [-0.05, 0) is 63.3 Å². The zero-order valence-electron chi connectivity index (χ0n) is 16.1. The van der Waals surface area contributed by atoms with Crippen molar-refractivity contribution in [1.29, 1.82) is 0 Å². The molecule has 2 fully saturated rings. The van der Waals surface area contributed by atoms with E-state index in [9.17, 15) is 4.39 Å². The Morgan fingerprint density at radius 1 is 0.963 bits per heavy atom. The van der Waals surface area contributed by atoms with Gasteiger partial charge in [0.05, 0.1) is 0 Å². The van der Waals surface area contributed by atoms with Crippen molar-refractivity contribution in [2.45, 2.75) is 45.1 Å². The molecule has 1 aromatic heterocycles. The molecule has 1 atom stereocenters. The van der Waals surface area contributed by atoms with Crippen LogP contribution in [0.5, 0.6) is 0 Å². The molecule has 0 bridgehead atoms. The number of halogens is 1. The molecule has 2 aliphatic heterocycles. The summed E-state index contributed by atoms with van der Waals surface area (Å²) in [5.74, 6) is 0.788. The van der Waals surface area contributed by atoms with E-state index in [2.05, 4.69) is 34.2 Å². The quantitative estimate of drug-likeness (QED) is 0.855. The number of aryl methyl sites for hydroxylation is 1. The first-order chi connectivity index (χ1) is 13.2. The molecular formula is C22H29FN4. The molecule has 0 saturated carbocycles. The molecule has 2 saturated heterocycles. The maximum Gasteiger partial charge on any atom is 0.128 e. The predicted molar refractivity (Wildman–Crippen MR) is 110 cm³/mol. The number of nitrogens with one attached hydrogen (secondary N) is 1. The number of pyridine rings is 1. The molecular weight excluding hydrogens is 339 g/mol. The fraction of sp³-hybridized carbons (Fsp3) is 0.500. The fourth-order valence-corrected chi connectivity index (χ4v) is 4.27. The highest BCUT2D eigenvalue weighted by atomic mass is 19.1. The number of hydrogen-bond acceptors (Lipinski definition) is 4. The van der Waals surface area contributed by atoms with Crippen molar-refractivity contribution in [1.82, 2.24) is 4.98 Å². The van der Waals surface area contributed by atoms with Crippen LogP contribution < -0.4 is 15.1 Å². The summed E-state index contributed by atoms with van der Waals surface area (Å²) in [6.07, 6.45) is 6.09. The maximum absolute atomic E-state index is 13.6. The third-order valence-corrected chi connectivity index (χ3v) is 5.61. The number of anilines is 3. The van der Waals surface area contributed by atoms with Crippen LogP contribution in [0.15, 0.2) is 36.4 Å². The molecule has 1 N–H and O–H groups in total. The Hall–Kier alpha value is -2.30. The minimum Gasteiger partial charge on any atom is -0.371 e. The van der Waals surface area contributed by atoms with E-state index in [1.165, 1.54) is 31.0 Å². The van der Waals surface area contributed by atoms with Gasteiger partial charge < -0.3 is 15.1 Å². The summed E-state index contributed by atoms with van der Waals surface area (Å²) in [7, 11) is 0. The number of hydrogen-bond donors (Lipinski definition) is 1. The van der Waals surface area contributed by atoms with Gasteiger partial charge in [0.1, 0.15) is 11.6 Å². The van der Waals surface area contributed by atoms with E-state index in [0.29, 0.717) is 6.04 Å². The standard InChI is InChI=1S/C22H29FN4/c1-17-13-21(26-10-3-2-4-11-26)15-22(24-17)25-19-8-6-12-27(16-19)20-9-5-7-18(23)14-20/h5,7,9,13-15,19H,2-4,6,8,10-12,16H2,1H3,(H,24,25)/t19-/m1/s1. The van der Waals surface area contributed by atoms with Crippen LogP contribution in [-0.2, 0) is 0 Å². The number of nitrogens with zero attached hydrogens (tertiary/aromatic N) is 3. The molecule has 0 radical (unpaired) electrons. The van der Waals surface area contributed by atoms with Crippen molar-refractivity contribution in [3.05, 3.63) is 47.9 Å². The first-order valence-corrected chi connectivity index (χ1v) is 10.2. The van der Waals surface area contributed by atoms with E-state index in [4.69, 9.17) is 4.98 Å². The highest BCUT2D eigenvalue weighted by Gasteiger charge is 2.21. The van der Waals surface area contributed by atoms with E-state index in [1.54, 1.807) is 12.1 Å². The molecule has 4 rings (SSSR count). The Morgan fingerprint density at radius 3 is 2.59 bits per heavy atom. The molecule has 0 spiro atoms. The van der Waals surface area contributed by atoms with E-state index >= 15 is 0 Å². The van der Waals surface area contributed by atoms with Gasteiger partial charge in [-0.3, -0.25) is 0 Å². The monoisotopic (exact) mass is 368 g/mol. The second-order valence-electron chi connectivity index (χ2n) is 7.81. The highest BCUT2D eigenvalue weighted by Crippen LogP contribution is 2.26. The van der Waals surface area contributed by atoms with Gasteiger partial charge in [0, 0.05) is 55.4 Å². The Labute approximate surface area is 161 Å². The van der Waals surface area contributed by atoms with Crippen LogP contribution in [0, 0.1) is 12.7 Å². The fourth-order valence-electron chi connectivity index (χ4n) is 4.27. The molecule has 1 aromatic carbocycles. The van der Waals surface area contributed by atoms with Crippen LogP contribution in [0.3, 0.4) is 0 Å². The summed E-state index contributed by atoms with van der Waals surface area (Å²) in [4.78, 5) is 9.46. The van der Waals surface area contributed by atoms with E-state index < -0.39 is 0 Å². The number of piperidine rings is 2. The molecule has 27 heavy (non-hydrogen) atoms. The van der Waals surface area contributed by atoms with Gasteiger partial charge in [-0.2, -0.15) is 0 Å². The number of aromatic nitrogens is 1. The Balaban J connectivity index is 1.46. The van der Waals surface area contributed by atoms with E-state index in [0.717, 1.165) is 56.2 Å². The SMILES string of the molecule is Cc1cc(N2CCCCC2)cc(N[C@@H]2CCCN(c3cccc(F)c3)C2)n1. The van der Waals surface area contributed by atoms with Crippen LogP contribution >= 0.6 is 0 Å². The summed E-state index contributed by atoms with van der Waals surface area (Å²) in [6.45, 7) is 6.19. The summed E-state index contributed by atoms with van der Waals surface area (Å²) in [5.41, 5.74) is 3.30. The molecule has 0 unspecified atom stereocenters. The molecule has 2 aliphatic rings. The second kappa shape index (κ2) is 8.15. The Bertz CT molecular complexity index is 773. The van der Waals surface area contributed by atoms with Gasteiger partial charge in [0.25, 0.3) is 0 Å². The molecule has 0 amide bonds. The number of rotatable bonds is 4. The van der Waals surface area contributed by atoms with Crippen LogP contribution in [0.25, 0.3) is 0 Å². The lowest BCUT2D eigenvalue weighted by Gasteiger charge is -2.35. The van der Waals surface area contributed by atoms with Crippen LogP contribution in [0.4, 0.5) is 21.6 Å². The van der Waals surface area contributed by atoms with Crippen molar-refractivity contribution in [3.8, 4) is 0 Å². The largest absolute Gasteiger partial charge is 0.371 e. The first-order valence-electron chi connectivity index (χ1n) is 10.2. The summed E-state index contributed by atoms with van der Waals surface area (Å²) < 4.78 is 13.6. The lowest BCUT2D eigenvalue weighted by Crippen LogP contribution is -2.42. The predicted octanol–water partition coefficient (Wildman–Crippen LogP) is 4.60. The van der Waals surface area contributed by atoms with Crippen molar-refractivity contribution >= 4 is 17.2 Å². The van der Waals surface area contributed by atoms with Gasteiger partial charge in [0.15, 0.2) is 0 Å². The van der Waals surface area contributed by atoms with E-state index in [1.807, 2.05) is 6.07 Å². The van der Waals surface area contributed by atoms with Crippen LogP contribution in [0.2, 0.25) is 0 Å². The molecule has 3 heterocycles. The van der Waals surface area contributed by atoms with Gasteiger partial charge in [-0.1, -0.05) is 6.07 Å². The minimum absolute atomic E-state index is 0.172. The van der Waals surface area contributed by atoms with Gasteiger partial charge in [-0.25, -0.2) is 9.37 Å². The highest BCUT2D eigenvalue weighted by molar-refractivity contribution is 5.56. The van der Waals surface area contributed by atoms with Crippen molar-refractivity contribution in [3.63, 3.8) is 0 Å². The normalized spacial score (nSPS) is 20.6. The van der Waals surface area contributed by atoms with Crippen LogP contribution in [0.1, 0.15) is 37.8 Å². The average Bonchev–Trinajstić information content (AvgIpc) is 2.68. The number of benzene rings is 1. The zero-order valence-corrected chi connectivity index (χ0v) is 16.1. The average molecular weight is 369 g/mol. The smallest absolute Gasteiger partial charge is 0.128 e. The third kappa shape index (κ3) is 4.52. The van der Waals surface area contributed by atoms with Crippen molar-refractivity contribution < 1.29 is 4.39 Å². The summed E-state index contributed by atoms with van der Waals surface area (Å²) in [5, 5.41) is 3.64. The Morgan fingerprint density at radius 2 is 1.78 bits per heavy atom. The van der Waals surface area contributed by atoms with Crippen molar-refractivity contribution in [2.75, 3.05) is 41.3 Å². The third-order valence-electron chi connectivity index (χ3n) is 5.61. The summed E-state index contributed by atoms with van der Waals surface area (Å²) in [6, 6.07) is 11.6. The topological polar surface area (TPSA) is 31.4 Å². The van der Waals surface area contributed by atoms with Gasteiger partial charge in [0.2, 0.25) is 0 Å². The van der Waals surface area contributed by atoms with Gasteiger partial charge >= 0.3 is 0 Å². The summed E-state index contributed by atoms with van der Waals surface area (Å²) >= 11 is 0. The zero-order chi connectivity index (χ0) is 18.6. The van der Waals surface area contributed by atoms with Crippen LogP contribution in [-0.4, -0.2) is 37.2 Å². The van der Waals surface area contributed by atoms with Gasteiger partial charge in [-0.15, -0.1) is 0 Å². The second-order valence-corrected chi connectivity index (χ2v) is 7.81. The molecule has 2 aromatic rings. The first kappa shape index (κ1) is 18.1. The lowest BCUT2D eigenvalue weighted by atomic mass is 10.0. The minimum atomic E-state index is -0.172. The van der Waals surface area contributed by atoms with Crippen molar-refractivity contribution in [2.24, 2.45) is 0 Å². The molecule has 5 heteroatoms. The molecule has 144 valence electrons. The van der Waals surface area contributed by atoms with E-state index in [-0.39, 0.29) is 5.82 Å². The lowest BCUT2D eigenvalue weighted by molar-refractivity contribution is 0.527. The Kier molecular flexibility index (Phi) is 5.46.